The van der Waals surface area contributed by atoms with E-state index in [0.717, 1.165) is 17.8 Å². The molecule has 0 saturated heterocycles. The summed E-state index contributed by atoms with van der Waals surface area (Å²) in [5.41, 5.74) is 3.01. The second-order valence-corrected chi connectivity index (χ2v) is 6.55. The van der Waals surface area contributed by atoms with Crippen molar-refractivity contribution in [3.05, 3.63) is 59.7 Å². The molecule has 1 atom stereocenters. The van der Waals surface area contributed by atoms with E-state index < -0.39 is 0 Å². The minimum atomic E-state index is -0.229. The van der Waals surface area contributed by atoms with E-state index in [2.05, 4.69) is 32.6 Å². The number of amides is 1. The van der Waals surface area contributed by atoms with Crippen molar-refractivity contribution in [2.45, 2.75) is 33.0 Å². The number of benzene rings is 1. The Morgan fingerprint density at radius 3 is 2.89 bits per heavy atom. The van der Waals surface area contributed by atoms with Crippen LogP contribution in [0.4, 0.5) is 5.69 Å². The van der Waals surface area contributed by atoms with Gasteiger partial charge in [0.05, 0.1) is 12.2 Å². The predicted molar refractivity (Wildman–Crippen MR) is 99.8 cm³/mol. The van der Waals surface area contributed by atoms with Gasteiger partial charge < -0.3 is 15.4 Å². The second kappa shape index (κ2) is 7.16. The van der Waals surface area contributed by atoms with E-state index in [4.69, 9.17) is 4.74 Å². The Kier molecular flexibility index (Phi) is 4.55. The highest BCUT2D eigenvalue weighted by molar-refractivity contribution is 6.03. The van der Waals surface area contributed by atoms with Gasteiger partial charge >= 0.3 is 6.01 Å². The van der Waals surface area contributed by atoms with E-state index in [9.17, 15) is 4.79 Å². The Hall–Kier alpha value is -3.26. The van der Waals surface area contributed by atoms with Crippen LogP contribution in [0, 0.1) is 6.92 Å². The summed E-state index contributed by atoms with van der Waals surface area (Å²) < 4.78 is 7.50. The van der Waals surface area contributed by atoms with Crippen molar-refractivity contribution in [1.82, 2.24) is 25.1 Å². The molecule has 2 aromatic heterocycles. The van der Waals surface area contributed by atoms with E-state index in [0.29, 0.717) is 29.7 Å². The molecule has 138 valence electrons. The van der Waals surface area contributed by atoms with Gasteiger partial charge in [-0.2, -0.15) is 5.10 Å². The number of aromatic nitrogens is 4. The molecule has 1 aliphatic heterocycles. The Balaban J connectivity index is 1.47. The number of hydrogen-bond acceptors (Lipinski definition) is 6. The van der Waals surface area contributed by atoms with Crippen LogP contribution in [0.1, 0.15) is 28.7 Å². The molecule has 3 aromatic rings. The van der Waals surface area contributed by atoms with E-state index in [1.54, 1.807) is 30.6 Å². The average Bonchev–Trinajstić information content (AvgIpc) is 3.08. The molecule has 8 heteroatoms. The fourth-order valence-electron chi connectivity index (χ4n) is 2.94. The van der Waals surface area contributed by atoms with E-state index in [-0.39, 0.29) is 11.9 Å². The SMILES string of the molecule is Cc1cc(Oc2ncccn2)ccc1NC(=O)c1cc2n(n1)CC(C)NC2. The molecule has 3 heterocycles. The number of ether oxygens (including phenoxy) is 1. The molecule has 1 unspecified atom stereocenters. The molecule has 0 aliphatic carbocycles. The third-order valence-electron chi connectivity index (χ3n) is 4.37. The maximum atomic E-state index is 12.6. The lowest BCUT2D eigenvalue weighted by Crippen LogP contribution is -2.36. The van der Waals surface area contributed by atoms with Crippen molar-refractivity contribution in [2.24, 2.45) is 0 Å². The van der Waals surface area contributed by atoms with Gasteiger partial charge in [0.15, 0.2) is 5.69 Å². The summed E-state index contributed by atoms with van der Waals surface area (Å²) >= 11 is 0. The largest absolute Gasteiger partial charge is 0.424 e. The van der Waals surface area contributed by atoms with Crippen molar-refractivity contribution in [1.29, 1.82) is 0 Å². The summed E-state index contributed by atoms with van der Waals surface area (Å²) in [6, 6.07) is 9.57. The number of fused-ring (bicyclic) bond motifs is 1. The van der Waals surface area contributed by atoms with Gasteiger partial charge in [0.25, 0.3) is 5.91 Å². The maximum Gasteiger partial charge on any atom is 0.321 e. The molecule has 1 aliphatic rings. The third-order valence-corrected chi connectivity index (χ3v) is 4.37. The number of aryl methyl sites for hydroxylation is 1. The van der Waals surface area contributed by atoms with Crippen LogP contribution < -0.4 is 15.4 Å². The van der Waals surface area contributed by atoms with Crippen molar-refractivity contribution >= 4 is 11.6 Å². The van der Waals surface area contributed by atoms with Crippen LogP contribution in [-0.4, -0.2) is 31.7 Å². The van der Waals surface area contributed by atoms with E-state index >= 15 is 0 Å². The number of rotatable bonds is 4. The van der Waals surface area contributed by atoms with Gasteiger partial charge in [0.1, 0.15) is 5.75 Å². The monoisotopic (exact) mass is 364 g/mol. The highest BCUT2D eigenvalue weighted by atomic mass is 16.5. The van der Waals surface area contributed by atoms with Gasteiger partial charge in [0, 0.05) is 30.7 Å². The summed E-state index contributed by atoms with van der Waals surface area (Å²) in [6.45, 7) is 5.47. The lowest BCUT2D eigenvalue weighted by molar-refractivity contribution is 0.102. The molecule has 27 heavy (non-hydrogen) atoms. The number of nitrogens with one attached hydrogen (secondary N) is 2. The highest BCUT2D eigenvalue weighted by Crippen LogP contribution is 2.24. The smallest absolute Gasteiger partial charge is 0.321 e. The first-order chi connectivity index (χ1) is 13.1. The minimum Gasteiger partial charge on any atom is -0.424 e. The zero-order chi connectivity index (χ0) is 18.8. The normalized spacial score (nSPS) is 15.9. The Bertz CT molecular complexity index is 970. The summed E-state index contributed by atoms with van der Waals surface area (Å²) in [7, 11) is 0. The number of carbonyl (C=O) groups is 1. The Morgan fingerprint density at radius 1 is 1.30 bits per heavy atom. The molecular formula is C19H20N6O2. The fraction of sp³-hybridized carbons (Fsp3) is 0.263. The van der Waals surface area contributed by atoms with E-state index in [1.807, 2.05) is 23.7 Å². The van der Waals surface area contributed by atoms with Crippen molar-refractivity contribution in [3.8, 4) is 11.8 Å². The summed E-state index contributed by atoms with van der Waals surface area (Å²) in [5, 5.41) is 10.7. The molecule has 0 radical (unpaired) electrons. The number of nitrogens with zero attached hydrogens (tertiary/aromatic N) is 4. The van der Waals surface area contributed by atoms with Crippen LogP contribution in [0.15, 0.2) is 42.7 Å². The molecular weight excluding hydrogens is 344 g/mol. The second-order valence-electron chi connectivity index (χ2n) is 6.55. The molecule has 0 saturated carbocycles. The lowest BCUT2D eigenvalue weighted by Gasteiger charge is -2.21. The molecule has 0 bridgehead atoms. The van der Waals surface area contributed by atoms with Crippen LogP contribution in [0.5, 0.6) is 11.8 Å². The maximum absolute atomic E-state index is 12.6. The molecule has 4 rings (SSSR count). The topological polar surface area (TPSA) is 94.0 Å². The van der Waals surface area contributed by atoms with Crippen molar-refractivity contribution in [3.63, 3.8) is 0 Å². The molecule has 1 amide bonds. The summed E-state index contributed by atoms with van der Waals surface area (Å²) in [6.07, 6.45) is 3.23. The van der Waals surface area contributed by atoms with Gasteiger partial charge in [-0.3, -0.25) is 9.48 Å². The quantitative estimate of drug-likeness (QED) is 0.739. The lowest BCUT2D eigenvalue weighted by atomic mass is 10.2. The van der Waals surface area contributed by atoms with E-state index in [1.165, 1.54) is 0 Å². The zero-order valence-electron chi connectivity index (χ0n) is 15.1. The van der Waals surface area contributed by atoms with Crippen LogP contribution in [0.25, 0.3) is 0 Å². The highest BCUT2D eigenvalue weighted by Gasteiger charge is 2.20. The van der Waals surface area contributed by atoms with Gasteiger partial charge in [-0.05, 0) is 49.7 Å². The predicted octanol–water partition coefficient (Wildman–Crippen LogP) is 2.52. The fourth-order valence-corrected chi connectivity index (χ4v) is 2.94. The minimum absolute atomic E-state index is 0.229. The molecule has 0 spiro atoms. The number of carbonyl (C=O) groups excluding carboxylic acids is 1. The van der Waals surface area contributed by atoms with Crippen LogP contribution in [0.3, 0.4) is 0 Å². The molecule has 2 N–H and O–H groups in total. The van der Waals surface area contributed by atoms with Gasteiger partial charge in [0.2, 0.25) is 0 Å². The Morgan fingerprint density at radius 2 is 2.11 bits per heavy atom. The zero-order valence-corrected chi connectivity index (χ0v) is 15.1. The first-order valence-electron chi connectivity index (χ1n) is 8.75. The number of anilines is 1. The standard InChI is InChI=1S/C19H20N6O2/c1-12-8-15(27-19-20-6-3-7-21-19)4-5-16(12)23-18(26)17-9-14-10-22-13(2)11-25(14)24-17/h3-9,13,22H,10-11H2,1-2H3,(H,23,26). The summed E-state index contributed by atoms with van der Waals surface area (Å²) in [4.78, 5) is 20.6. The summed E-state index contributed by atoms with van der Waals surface area (Å²) in [5.74, 6) is 0.377. The first-order valence-corrected chi connectivity index (χ1v) is 8.75. The van der Waals surface area contributed by atoms with Crippen molar-refractivity contribution in [2.75, 3.05) is 5.32 Å². The van der Waals surface area contributed by atoms with Crippen molar-refractivity contribution < 1.29 is 9.53 Å². The van der Waals surface area contributed by atoms with Crippen LogP contribution in [-0.2, 0) is 13.1 Å². The first kappa shape index (κ1) is 17.2. The molecule has 1 aromatic carbocycles. The molecule has 8 nitrogen and oxygen atoms in total. The van der Waals surface area contributed by atoms with Gasteiger partial charge in [-0.1, -0.05) is 0 Å². The number of hydrogen-bond donors (Lipinski definition) is 2. The van der Waals surface area contributed by atoms with Gasteiger partial charge in [-0.15, -0.1) is 0 Å². The molecule has 0 fully saturated rings. The van der Waals surface area contributed by atoms with Gasteiger partial charge in [-0.25, -0.2) is 9.97 Å². The third kappa shape index (κ3) is 3.80. The van der Waals surface area contributed by atoms with Crippen LogP contribution in [0.2, 0.25) is 0 Å². The average molecular weight is 364 g/mol. The van der Waals surface area contributed by atoms with Crippen LogP contribution >= 0.6 is 0 Å². The Labute approximate surface area is 156 Å².